The quantitative estimate of drug-likeness (QED) is 0.869. The van der Waals surface area contributed by atoms with E-state index in [1.54, 1.807) is 0 Å². The van der Waals surface area contributed by atoms with Gasteiger partial charge in [0.15, 0.2) is 0 Å². The highest BCUT2D eigenvalue weighted by Gasteiger charge is 2.17. The molecule has 19 heavy (non-hydrogen) atoms. The number of anilines is 2. The molecule has 0 amide bonds. The van der Waals surface area contributed by atoms with Gasteiger partial charge in [-0.15, -0.1) is 0 Å². The van der Waals surface area contributed by atoms with Crippen molar-refractivity contribution in [2.75, 3.05) is 44.4 Å². The van der Waals surface area contributed by atoms with E-state index in [0.29, 0.717) is 5.92 Å². The lowest BCUT2D eigenvalue weighted by Crippen LogP contribution is -2.35. The fraction of sp³-hybridized carbons (Fsp3) is 0.714. The molecule has 106 valence electrons. The summed E-state index contributed by atoms with van der Waals surface area (Å²) in [5.74, 6) is 3.39. The highest BCUT2D eigenvalue weighted by atomic mass is 15.1. The van der Waals surface area contributed by atoms with Gasteiger partial charge in [0.05, 0.1) is 0 Å². The van der Waals surface area contributed by atoms with E-state index in [9.17, 15) is 0 Å². The Morgan fingerprint density at radius 2 is 2.00 bits per heavy atom. The van der Waals surface area contributed by atoms with Crippen molar-refractivity contribution in [3.8, 4) is 0 Å². The van der Waals surface area contributed by atoms with Crippen LogP contribution in [0.3, 0.4) is 0 Å². The first-order valence-corrected chi connectivity index (χ1v) is 7.05. The molecule has 1 aliphatic heterocycles. The van der Waals surface area contributed by atoms with E-state index < -0.39 is 0 Å². The van der Waals surface area contributed by atoms with Crippen molar-refractivity contribution in [2.45, 2.75) is 26.7 Å². The number of hydrogen-bond donors (Lipinski definition) is 2. The monoisotopic (exact) mass is 263 g/mol. The zero-order chi connectivity index (χ0) is 13.8. The maximum absolute atomic E-state index is 4.51. The summed E-state index contributed by atoms with van der Waals surface area (Å²) in [6, 6.07) is 0. The fourth-order valence-corrected chi connectivity index (χ4v) is 2.72. The second-order valence-electron chi connectivity index (χ2n) is 5.49. The van der Waals surface area contributed by atoms with Gasteiger partial charge in [-0.1, -0.05) is 0 Å². The number of rotatable bonds is 4. The first-order valence-electron chi connectivity index (χ1n) is 7.05. The molecule has 0 saturated carbocycles. The van der Waals surface area contributed by atoms with Gasteiger partial charge in [0, 0.05) is 25.7 Å². The maximum atomic E-state index is 4.51. The van der Waals surface area contributed by atoms with Gasteiger partial charge in [0.1, 0.15) is 17.5 Å². The lowest BCUT2D eigenvalue weighted by molar-refractivity contribution is 0.217. The average molecular weight is 263 g/mol. The standard InChI is InChI=1S/C14H25N5/c1-10-13(15-3)17-11(2)18-14(10)16-8-12-6-5-7-19(4)9-12/h12H,5-9H2,1-4H3,(H2,15,16,17,18). The molecule has 5 heteroatoms. The van der Waals surface area contributed by atoms with Crippen molar-refractivity contribution in [1.29, 1.82) is 0 Å². The Labute approximate surface area is 115 Å². The summed E-state index contributed by atoms with van der Waals surface area (Å²) in [7, 11) is 4.10. The number of nitrogens with zero attached hydrogens (tertiary/aromatic N) is 3. The first kappa shape index (κ1) is 14.1. The Balaban J connectivity index is 2.01. The van der Waals surface area contributed by atoms with E-state index >= 15 is 0 Å². The van der Waals surface area contributed by atoms with Crippen LogP contribution >= 0.6 is 0 Å². The number of aromatic nitrogens is 2. The summed E-state index contributed by atoms with van der Waals surface area (Å²) < 4.78 is 0. The SMILES string of the molecule is CNc1nc(C)nc(NCC2CCCN(C)C2)c1C. The molecule has 0 bridgehead atoms. The normalized spacial score (nSPS) is 20.3. The Kier molecular flexibility index (Phi) is 4.58. The van der Waals surface area contributed by atoms with Crippen LogP contribution in [0.15, 0.2) is 0 Å². The summed E-state index contributed by atoms with van der Waals surface area (Å²) >= 11 is 0. The molecule has 0 aliphatic carbocycles. The second-order valence-corrected chi connectivity index (χ2v) is 5.49. The predicted octanol–water partition coefficient (Wildman–Crippen LogP) is 1.89. The van der Waals surface area contributed by atoms with Crippen molar-refractivity contribution >= 4 is 11.6 Å². The molecule has 1 aliphatic rings. The lowest BCUT2D eigenvalue weighted by atomic mass is 9.98. The summed E-state index contributed by atoms with van der Waals surface area (Å²) in [5.41, 5.74) is 1.09. The lowest BCUT2D eigenvalue weighted by Gasteiger charge is -2.30. The highest BCUT2D eigenvalue weighted by molar-refractivity contribution is 5.56. The number of piperidine rings is 1. The number of nitrogens with one attached hydrogen (secondary N) is 2. The Hall–Kier alpha value is -1.36. The molecule has 0 spiro atoms. The largest absolute Gasteiger partial charge is 0.373 e. The van der Waals surface area contributed by atoms with Gasteiger partial charge in [-0.05, 0) is 46.2 Å². The van der Waals surface area contributed by atoms with Crippen LogP contribution in [0.2, 0.25) is 0 Å². The van der Waals surface area contributed by atoms with Crippen LogP contribution in [0.4, 0.5) is 11.6 Å². The fourth-order valence-electron chi connectivity index (χ4n) is 2.72. The molecule has 2 rings (SSSR count). The third-order valence-corrected chi connectivity index (χ3v) is 3.77. The summed E-state index contributed by atoms with van der Waals surface area (Å²) in [6.45, 7) is 7.38. The van der Waals surface area contributed by atoms with E-state index in [1.165, 1.54) is 25.9 Å². The molecule has 2 heterocycles. The third-order valence-electron chi connectivity index (χ3n) is 3.77. The average Bonchev–Trinajstić information content (AvgIpc) is 2.39. The molecule has 1 aromatic rings. The third kappa shape index (κ3) is 3.56. The Bertz CT molecular complexity index is 432. The van der Waals surface area contributed by atoms with Gasteiger partial charge in [-0.2, -0.15) is 0 Å². The zero-order valence-electron chi connectivity index (χ0n) is 12.5. The van der Waals surface area contributed by atoms with Crippen molar-refractivity contribution in [2.24, 2.45) is 5.92 Å². The molecule has 2 N–H and O–H groups in total. The molecule has 1 atom stereocenters. The van der Waals surface area contributed by atoms with E-state index in [1.807, 2.05) is 14.0 Å². The van der Waals surface area contributed by atoms with Crippen molar-refractivity contribution in [1.82, 2.24) is 14.9 Å². The maximum Gasteiger partial charge on any atom is 0.134 e. The van der Waals surface area contributed by atoms with Crippen LogP contribution in [-0.4, -0.2) is 48.6 Å². The topological polar surface area (TPSA) is 53.1 Å². The molecule has 1 saturated heterocycles. The van der Waals surface area contributed by atoms with Gasteiger partial charge >= 0.3 is 0 Å². The predicted molar refractivity (Wildman–Crippen MR) is 79.8 cm³/mol. The number of aryl methyl sites for hydroxylation is 1. The molecular weight excluding hydrogens is 238 g/mol. The van der Waals surface area contributed by atoms with Gasteiger partial charge in [0.25, 0.3) is 0 Å². The van der Waals surface area contributed by atoms with Crippen LogP contribution in [0.1, 0.15) is 24.2 Å². The van der Waals surface area contributed by atoms with Crippen LogP contribution < -0.4 is 10.6 Å². The van der Waals surface area contributed by atoms with E-state index in [0.717, 1.165) is 29.6 Å². The minimum Gasteiger partial charge on any atom is -0.373 e. The van der Waals surface area contributed by atoms with Crippen LogP contribution in [0.5, 0.6) is 0 Å². The van der Waals surface area contributed by atoms with Crippen LogP contribution in [0, 0.1) is 19.8 Å². The van der Waals surface area contributed by atoms with Crippen molar-refractivity contribution in [3.63, 3.8) is 0 Å². The molecule has 1 aromatic heterocycles. The summed E-state index contributed by atoms with van der Waals surface area (Å²) in [5, 5.41) is 6.62. The van der Waals surface area contributed by atoms with E-state index in [-0.39, 0.29) is 0 Å². The second kappa shape index (κ2) is 6.19. The molecule has 5 nitrogen and oxygen atoms in total. The molecule has 1 unspecified atom stereocenters. The minimum absolute atomic E-state index is 0.714. The zero-order valence-corrected chi connectivity index (χ0v) is 12.5. The minimum atomic E-state index is 0.714. The van der Waals surface area contributed by atoms with Gasteiger partial charge in [0.2, 0.25) is 0 Å². The summed E-state index contributed by atoms with van der Waals surface area (Å²) in [4.78, 5) is 11.3. The molecule has 0 aromatic carbocycles. The van der Waals surface area contributed by atoms with Gasteiger partial charge < -0.3 is 15.5 Å². The van der Waals surface area contributed by atoms with Crippen LogP contribution in [-0.2, 0) is 0 Å². The summed E-state index contributed by atoms with van der Waals surface area (Å²) in [6.07, 6.45) is 2.60. The molecule has 0 radical (unpaired) electrons. The first-order chi connectivity index (χ1) is 9.10. The van der Waals surface area contributed by atoms with Gasteiger partial charge in [-0.25, -0.2) is 9.97 Å². The van der Waals surface area contributed by atoms with E-state index in [2.05, 4.69) is 39.5 Å². The number of likely N-dealkylation sites (tertiary alicyclic amines) is 1. The Morgan fingerprint density at radius 1 is 1.26 bits per heavy atom. The Morgan fingerprint density at radius 3 is 2.68 bits per heavy atom. The highest BCUT2D eigenvalue weighted by Crippen LogP contribution is 2.21. The van der Waals surface area contributed by atoms with Gasteiger partial charge in [-0.3, -0.25) is 0 Å². The molecular formula is C14H25N5. The van der Waals surface area contributed by atoms with Crippen molar-refractivity contribution in [3.05, 3.63) is 11.4 Å². The smallest absolute Gasteiger partial charge is 0.134 e. The number of hydrogen-bond acceptors (Lipinski definition) is 5. The molecule has 1 fully saturated rings. The van der Waals surface area contributed by atoms with Crippen LogP contribution in [0.25, 0.3) is 0 Å². The van der Waals surface area contributed by atoms with Crippen molar-refractivity contribution < 1.29 is 0 Å². The van der Waals surface area contributed by atoms with E-state index in [4.69, 9.17) is 0 Å².